The second-order valence-electron chi connectivity index (χ2n) is 8.27. The fourth-order valence-electron chi connectivity index (χ4n) is 4.72. The molecule has 28 heavy (non-hydrogen) atoms. The number of piperazine rings is 1. The number of nitrogens with one attached hydrogen (secondary N) is 1. The van der Waals surface area contributed by atoms with Crippen LogP contribution in [0.2, 0.25) is 0 Å². The van der Waals surface area contributed by atoms with Gasteiger partial charge < -0.3 is 20.0 Å². The van der Waals surface area contributed by atoms with E-state index in [1.807, 2.05) is 32.3 Å². The van der Waals surface area contributed by atoms with Gasteiger partial charge in [0.05, 0.1) is 0 Å². The van der Waals surface area contributed by atoms with Crippen molar-refractivity contribution in [2.45, 2.75) is 39.5 Å². The van der Waals surface area contributed by atoms with Crippen molar-refractivity contribution in [2.75, 3.05) is 70.3 Å². The van der Waals surface area contributed by atoms with E-state index in [0.29, 0.717) is 0 Å². The summed E-state index contributed by atoms with van der Waals surface area (Å²) in [5.74, 6) is 2.66. The monoisotopic (exact) mass is 388 g/mol. The van der Waals surface area contributed by atoms with Crippen molar-refractivity contribution in [3.05, 3.63) is 18.5 Å². The first-order chi connectivity index (χ1) is 13.9. The predicted molar refractivity (Wildman–Crippen MR) is 117 cm³/mol. The van der Waals surface area contributed by atoms with Crippen molar-refractivity contribution < 1.29 is 0 Å². The number of piperidine rings is 2. The van der Waals surface area contributed by atoms with Crippen molar-refractivity contribution >= 4 is 5.95 Å². The summed E-state index contributed by atoms with van der Waals surface area (Å²) in [6, 6.07) is 1.89. The molecule has 0 amide bonds. The quantitative estimate of drug-likeness (QED) is 0.835. The molecular weight excluding hydrogens is 348 g/mol. The third-order valence-electron chi connectivity index (χ3n) is 6.41. The van der Waals surface area contributed by atoms with E-state index >= 15 is 0 Å². The van der Waals surface area contributed by atoms with Crippen molar-refractivity contribution in [1.82, 2.24) is 25.1 Å². The van der Waals surface area contributed by atoms with Crippen LogP contribution in [0.4, 0.5) is 5.95 Å². The number of nitrogens with zero attached hydrogens (tertiary/aromatic N) is 5. The molecule has 0 aliphatic carbocycles. The van der Waals surface area contributed by atoms with Gasteiger partial charge in [-0.15, -0.1) is 0 Å². The topological polar surface area (TPSA) is 47.5 Å². The second-order valence-corrected chi connectivity index (χ2v) is 8.27. The van der Waals surface area contributed by atoms with Crippen LogP contribution in [0.1, 0.15) is 39.5 Å². The molecule has 4 heterocycles. The van der Waals surface area contributed by atoms with Crippen molar-refractivity contribution in [3.63, 3.8) is 0 Å². The summed E-state index contributed by atoms with van der Waals surface area (Å²) < 4.78 is 0. The number of aromatic nitrogens is 2. The van der Waals surface area contributed by atoms with E-state index < -0.39 is 0 Å². The van der Waals surface area contributed by atoms with Crippen LogP contribution in [0.25, 0.3) is 0 Å². The highest BCUT2D eigenvalue weighted by molar-refractivity contribution is 5.28. The third kappa shape index (κ3) is 6.39. The van der Waals surface area contributed by atoms with Gasteiger partial charge in [-0.1, -0.05) is 13.8 Å². The number of rotatable bonds is 5. The van der Waals surface area contributed by atoms with Crippen molar-refractivity contribution in [3.8, 4) is 0 Å². The van der Waals surface area contributed by atoms with E-state index in [1.54, 1.807) is 0 Å². The average Bonchev–Trinajstić information content (AvgIpc) is 2.78. The zero-order valence-corrected chi connectivity index (χ0v) is 18.0. The summed E-state index contributed by atoms with van der Waals surface area (Å²) in [4.78, 5) is 16.5. The van der Waals surface area contributed by atoms with Crippen LogP contribution in [-0.2, 0) is 0 Å². The maximum Gasteiger partial charge on any atom is 0.225 e. The van der Waals surface area contributed by atoms with Crippen LogP contribution >= 0.6 is 0 Å². The van der Waals surface area contributed by atoms with Gasteiger partial charge in [-0.2, -0.15) is 0 Å². The molecule has 0 saturated carbocycles. The summed E-state index contributed by atoms with van der Waals surface area (Å²) in [6.07, 6.45) is 8.96. The van der Waals surface area contributed by atoms with Gasteiger partial charge in [0.2, 0.25) is 5.95 Å². The Morgan fingerprint density at radius 2 is 1.29 bits per heavy atom. The van der Waals surface area contributed by atoms with Gasteiger partial charge in [0.15, 0.2) is 0 Å². The molecule has 3 fully saturated rings. The maximum absolute atomic E-state index is 4.39. The highest BCUT2D eigenvalue weighted by Crippen LogP contribution is 2.22. The Bertz CT molecular complexity index is 517. The minimum atomic E-state index is 0.839. The van der Waals surface area contributed by atoms with Gasteiger partial charge in [-0.3, -0.25) is 0 Å². The standard InChI is InChI=1S/C20H34N6.C2H6/c1-6-22-20(23-7-1)26-10-4-19(5-11-26)17-25-14-12-24(13-15-25)16-18-2-8-21-9-3-18;1-2/h1,6-7,18-19,21H,2-5,8-17H2;1-2H3. The lowest BCUT2D eigenvalue weighted by atomic mass is 9.95. The lowest BCUT2D eigenvalue weighted by Crippen LogP contribution is -2.50. The molecule has 0 bridgehead atoms. The number of hydrogen-bond acceptors (Lipinski definition) is 6. The molecule has 6 nitrogen and oxygen atoms in total. The van der Waals surface area contributed by atoms with E-state index in [0.717, 1.165) is 30.9 Å². The molecule has 1 aromatic heterocycles. The van der Waals surface area contributed by atoms with Gasteiger partial charge in [-0.05, 0) is 56.7 Å². The van der Waals surface area contributed by atoms with Gasteiger partial charge >= 0.3 is 0 Å². The summed E-state index contributed by atoms with van der Waals surface area (Å²) in [5, 5.41) is 3.48. The SMILES string of the molecule is CC.c1cnc(N2CCC(CN3CCN(CC4CCNCC4)CC3)CC2)nc1. The normalized spacial score (nSPS) is 23.3. The Labute approximate surface area is 171 Å². The minimum absolute atomic E-state index is 0.839. The molecule has 4 rings (SSSR count). The molecule has 1 N–H and O–H groups in total. The Morgan fingerprint density at radius 3 is 1.82 bits per heavy atom. The van der Waals surface area contributed by atoms with E-state index in [1.165, 1.54) is 78.0 Å². The minimum Gasteiger partial charge on any atom is -0.341 e. The highest BCUT2D eigenvalue weighted by atomic mass is 15.3. The van der Waals surface area contributed by atoms with Gasteiger partial charge in [0, 0.05) is 64.8 Å². The van der Waals surface area contributed by atoms with Crippen LogP contribution in [-0.4, -0.2) is 85.2 Å². The predicted octanol–water partition coefficient (Wildman–Crippen LogP) is 2.34. The molecule has 3 aliphatic rings. The van der Waals surface area contributed by atoms with E-state index in [2.05, 4.69) is 30.0 Å². The molecule has 1 aromatic rings. The molecule has 0 spiro atoms. The first-order valence-electron chi connectivity index (χ1n) is 11.5. The Kier molecular flexibility index (Phi) is 8.96. The Hall–Kier alpha value is -1.24. The van der Waals surface area contributed by atoms with Crippen LogP contribution in [0.5, 0.6) is 0 Å². The fraction of sp³-hybridized carbons (Fsp3) is 0.818. The first kappa shape index (κ1) is 21.5. The van der Waals surface area contributed by atoms with Gasteiger partial charge in [-0.25, -0.2) is 9.97 Å². The van der Waals surface area contributed by atoms with E-state index in [-0.39, 0.29) is 0 Å². The van der Waals surface area contributed by atoms with Crippen LogP contribution < -0.4 is 10.2 Å². The average molecular weight is 389 g/mol. The molecule has 3 saturated heterocycles. The van der Waals surface area contributed by atoms with Gasteiger partial charge in [0.25, 0.3) is 0 Å². The summed E-state index contributed by atoms with van der Waals surface area (Å²) in [7, 11) is 0. The van der Waals surface area contributed by atoms with Crippen molar-refractivity contribution in [2.24, 2.45) is 11.8 Å². The number of hydrogen-bond donors (Lipinski definition) is 1. The maximum atomic E-state index is 4.39. The fourth-order valence-corrected chi connectivity index (χ4v) is 4.72. The van der Waals surface area contributed by atoms with Gasteiger partial charge in [0.1, 0.15) is 0 Å². The molecule has 6 heteroatoms. The molecule has 3 aliphatic heterocycles. The molecule has 158 valence electrons. The van der Waals surface area contributed by atoms with E-state index in [4.69, 9.17) is 0 Å². The molecule has 0 unspecified atom stereocenters. The molecule has 0 radical (unpaired) electrons. The van der Waals surface area contributed by atoms with Crippen molar-refractivity contribution in [1.29, 1.82) is 0 Å². The van der Waals surface area contributed by atoms with E-state index in [9.17, 15) is 0 Å². The lowest BCUT2D eigenvalue weighted by Gasteiger charge is -2.40. The van der Waals surface area contributed by atoms with Crippen LogP contribution in [0.3, 0.4) is 0 Å². The lowest BCUT2D eigenvalue weighted by molar-refractivity contribution is 0.0961. The number of anilines is 1. The largest absolute Gasteiger partial charge is 0.341 e. The molecule has 0 aromatic carbocycles. The molecule has 0 atom stereocenters. The van der Waals surface area contributed by atoms with Crippen LogP contribution in [0.15, 0.2) is 18.5 Å². The summed E-state index contributed by atoms with van der Waals surface area (Å²) >= 11 is 0. The zero-order chi connectivity index (χ0) is 19.6. The Balaban J connectivity index is 0.00000109. The first-order valence-corrected chi connectivity index (χ1v) is 11.5. The zero-order valence-electron chi connectivity index (χ0n) is 18.0. The third-order valence-corrected chi connectivity index (χ3v) is 6.41. The second kappa shape index (κ2) is 11.7. The summed E-state index contributed by atoms with van der Waals surface area (Å²) in [6.45, 7) is 16.3. The summed E-state index contributed by atoms with van der Waals surface area (Å²) in [5.41, 5.74) is 0. The highest BCUT2D eigenvalue weighted by Gasteiger charge is 2.25. The van der Waals surface area contributed by atoms with Crippen LogP contribution in [0, 0.1) is 11.8 Å². The smallest absolute Gasteiger partial charge is 0.225 e. The molecular formula is C22H40N6. The Morgan fingerprint density at radius 1 is 0.786 bits per heavy atom.